The van der Waals surface area contributed by atoms with Gasteiger partial charge >= 0.3 is 5.63 Å². The van der Waals surface area contributed by atoms with Crippen LogP contribution in [0.5, 0.6) is 0 Å². The predicted octanol–water partition coefficient (Wildman–Crippen LogP) is 3.80. The summed E-state index contributed by atoms with van der Waals surface area (Å²) in [5, 5.41) is 6.96. The van der Waals surface area contributed by atoms with Gasteiger partial charge in [-0.2, -0.15) is 4.98 Å². The van der Waals surface area contributed by atoms with E-state index in [-0.39, 0.29) is 18.0 Å². The van der Waals surface area contributed by atoms with Crippen molar-refractivity contribution in [1.82, 2.24) is 19.9 Å². The van der Waals surface area contributed by atoms with Gasteiger partial charge in [-0.15, -0.1) is 11.3 Å². The lowest BCUT2D eigenvalue weighted by Gasteiger charge is -2.34. The van der Waals surface area contributed by atoms with Crippen LogP contribution in [0, 0.1) is 13.8 Å². The van der Waals surface area contributed by atoms with E-state index in [4.69, 9.17) is 8.94 Å². The zero-order valence-electron chi connectivity index (χ0n) is 19.2. The smallest absolute Gasteiger partial charge is 0.339 e. The van der Waals surface area contributed by atoms with E-state index in [2.05, 4.69) is 15.0 Å². The Morgan fingerprint density at radius 1 is 1.15 bits per heavy atom. The number of hydrogen-bond donors (Lipinski definition) is 0. The van der Waals surface area contributed by atoms with Gasteiger partial charge in [0.05, 0.1) is 11.4 Å². The Hall–Kier alpha value is -3.30. The number of thiophene rings is 1. The lowest BCUT2D eigenvalue weighted by molar-refractivity contribution is -0.133. The fourth-order valence-electron chi connectivity index (χ4n) is 4.35. The van der Waals surface area contributed by atoms with E-state index in [0.29, 0.717) is 48.9 Å². The van der Waals surface area contributed by atoms with Crippen molar-refractivity contribution in [2.24, 2.45) is 0 Å². The molecule has 176 valence electrons. The molecular formula is C25H26N4O4S. The predicted molar refractivity (Wildman–Crippen MR) is 130 cm³/mol. The van der Waals surface area contributed by atoms with Crippen molar-refractivity contribution in [2.75, 3.05) is 26.2 Å². The number of aryl methyl sites for hydroxylation is 2. The van der Waals surface area contributed by atoms with Crippen molar-refractivity contribution in [1.29, 1.82) is 0 Å². The van der Waals surface area contributed by atoms with Crippen LogP contribution in [0.3, 0.4) is 0 Å². The number of nitrogens with zero attached hydrogens (tertiary/aromatic N) is 4. The van der Waals surface area contributed by atoms with Crippen LogP contribution >= 0.6 is 11.3 Å². The normalized spacial score (nSPS) is 14.7. The minimum atomic E-state index is -0.352. The molecule has 0 bridgehead atoms. The molecule has 4 heterocycles. The minimum absolute atomic E-state index is 0.0558. The molecule has 1 aliphatic rings. The highest BCUT2D eigenvalue weighted by atomic mass is 32.1. The topological polar surface area (TPSA) is 92.7 Å². The van der Waals surface area contributed by atoms with Gasteiger partial charge in [-0.1, -0.05) is 23.4 Å². The van der Waals surface area contributed by atoms with Crippen LogP contribution in [-0.4, -0.2) is 52.0 Å². The third-order valence-corrected chi connectivity index (χ3v) is 7.19. The number of carbonyl (C=O) groups excluding carboxylic acids is 1. The number of aromatic nitrogens is 2. The Bertz CT molecular complexity index is 1370. The zero-order valence-corrected chi connectivity index (χ0v) is 20.1. The van der Waals surface area contributed by atoms with Gasteiger partial charge in [0.1, 0.15) is 5.58 Å². The Morgan fingerprint density at radius 3 is 2.74 bits per heavy atom. The number of piperazine rings is 1. The SMILES string of the molecule is Cc1ccc2c(C)c(CCC(=O)N3CCN(Cc4nc(-c5cccs5)no4)CC3)c(=O)oc2c1. The van der Waals surface area contributed by atoms with Crippen LogP contribution in [0.25, 0.3) is 21.7 Å². The first-order chi connectivity index (χ1) is 16.5. The summed E-state index contributed by atoms with van der Waals surface area (Å²) >= 11 is 1.58. The highest BCUT2D eigenvalue weighted by molar-refractivity contribution is 7.13. The summed E-state index contributed by atoms with van der Waals surface area (Å²) in [5.74, 6) is 1.25. The highest BCUT2D eigenvalue weighted by Crippen LogP contribution is 2.23. The Balaban J connectivity index is 1.15. The quantitative estimate of drug-likeness (QED) is 0.389. The molecule has 8 nitrogen and oxygen atoms in total. The van der Waals surface area contributed by atoms with Gasteiger partial charge in [-0.05, 0) is 48.9 Å². The Labute approximate surface area is 200 Å². The van der Waals surface area contributed by atoms with E-state index in [1.165, 1.54) is 0 Å². The first-order valence-corrected chi connectivity index (χ1v) is 12.3. The van der Waals surface area contributed by atoms with Crippen molar-refractivity contribution < 1.29 is 13.7 Å². The van der Waals surface area contributed by atoms with Crippen molar-refractivity contribution >= 4 is 28.2 Å². The Morgan fingerprint density at radius 2 is 1.97 bits per heavy atom. The van der Waals surface area contributed by atoms with Crippen molar-refractivity contribution in [3.8, 4) is 10.7 Å². The number of rotatable bonds is 6. The van der Waals surface area contributed by atoms with Gasteiger partial charge in [-0.3, -0.25) is 9.69 Å². The minimum Gasteiger partial charge on any atom is -0.423 e. The van der Waals surface area contributed by atoms with Crippen LogP contribution in [0.4, 0.5) is 0 Å². The standard InChI is InChI=1S/C25H26N4O4S/c1-16-5-6-18-17(2)19(25(31)32-20(18)14-16)7-8-23(30)29-11-9-28(10-12-29)15-22-26-24(27-33-22)21-4-3-13-34-21/h3-6,13-14H,7-12,15H2,1-2H3. The van der Waals surface area contributed by atoms with Crippen LogP contribution in [0.15, 0.2) is 49.4 Å². The van der Waals surface area contributed by atoms with Gasteiger partial charge in [0.25, 0.3) is 0 Å². The van der Waals surface area contributed by atoms with Crippen molar-refractivity contribution in [3.63, 3.8) is 0 Å². The van der Waals surface area contributed by atoms with Crippen LogP contribution in [0.1, 0.15) is 29.0 Å². The molecule has 0 radical (unpaired) electrons. The first kappa shape index (κ1) is 22.5. The highest BCUT2D eigenvalue weighted by Gasteiger charge is 2.23. The van der Waals surface area contributed by atoms with Crippen LogP contribution < -0.4 is 5.63 Å². The second-order valence-corrected chi connectivity index (χ2v) is 9.59. The summed E-state index contributed by atoms with van der Waals surface area (Å²) in [5.41, 5.74) is 2.76. The van der Waals surface area contributed by atoms with E-state index < -0.39 is 0 Å². The maximum Gasteiger partial charge on any atom is 0.339 e. The molecule has 0 N–H and O–H groups in total. The summed E-state index contributed by atoms with van der Waals surface area (Å²) < 4.78 is 10.9. The third-order valence-electron chi connectivity index (χ3n) is 6.33. The van der Waals surface area contributed by atoms with E-state index in [9.17, 15) is 9.59 Å². The largest absolute Gasteiger partial charge is 0.423 e. The average Bonchev–Trinajstić information content (AvgIpc) is 3.51. The van der Waals surface area contributed by atoms with Gasteiger partial charge in [0.2, 0.25) is 17.6 Å². The molecule has 34 heavy (non-hydrogen) atoms. The lowest BCUT2D eigenvalue weighted by Crippen LogP contribution is -2.48. The molecule has 0 unspecified atom stereocenters. The molecule has 1 saturated heterocycles. The van der Waals surface area contributed by atoms with Gasteiger partial charge < -0.3 is 13.8 Å². The summed E-state index contributed by atoms with van der Waals surface area (Å²) in [6.45, 7) is 7.19. The summed E-state index contributed by atoms with van der Waals surface area (Å²) in [4.78, 5) is 34.9. The van der Waals surface area contributed by atoms with E-state index >= 15 is 0 Å². The lowest BCUT2D eigenvalue weighted by atomic mass is 10.0. The van der Waals surface area contributed by atoms with Gasteiger partial charge in [0, 0.05) is 43.5 Å². The Kier molecular flexibility index (Phi) is 6.30. The molecular weight excluding hydrogens is 452 g/mol. The van der Waals surface area contributed by atoms with Crippen LogP contribution in [0.2, 0.25) is 0 Å². The molecule has 1 aliphatic heterocycles. The number of hydrogen-bond acceptors (Lipinski definition) is 8. The molecule has 1 aromatic carbocycles. The second kappa shape index (κ2) is 9.52. The molecule has 0 saturated carbocycles. The molecule has 1 amide bonds. The maximum absolute atomic E-state index is 12.8. The molecule has 0 atom stereocenters. The molecule has 3 aromatic heterocycles. The molecule has 0 aliphatic carbocycles. The molecule has 1 fully saturated rings. The maximum atomic E-state index is 12.8. The summed E-state index contributed by atoms with van der Waals surface area (Å²) in [7, 11) is 0. The fraction of sp³-hybridized carbons (Fsp3) is 0.360. The monoisotopic (exact) mass is 478 g/mol. The summed E-state index contributed by atoms with van der Waals surface area (Å²) in [6.07, 6.45) is 0.668. The number of fused-ring (bicyclic) bond motifs is 1. The van der Waals surface area contributed by atoms with Gasteiger partial charge in [0.15, 0.2) is 0 Å². The van der Waals surface area contributed by atoms with Crippen molar-refractivity contribution in [3.05, 3.63) is 68.7 Å². The van der Waals surface area contributed by atoms with Crippen LogP contribution in [-0.2, 0) is 17.8 Å². The molecule has 0 spiro atoms. The zero-order chi connectivity index (χ0) is 23.7. The van der Waals surface area contributed by atoms with E-state index in [1.807, 2.05) is 54.5 Å². The summed E-state index contributed by atoms with van der Waals surface area (Å²) in [6, 6.07) is 9.77. The molecule has 5 rings (SSSR count). The number of amides is 1. The second-order valence-electron chi connectivity index (χ2n) is 8.64. The molecule has 4 aromatic rings. The van der Waals surface area contributed by atoms with E-state index in [1.54, 1.807) is 11.3 Å². The third kappa shape index (κ3) is 4.67. The first-order valence-electron chi connectivity index (χ1n) is 11.4. The number of carbonyl (C=O) groups is 1. The van der Waals surface area contributed by atoms with Crippen molar-refractivity contribution in [2.45, 2.75) is 33.2 Å². The van der Waals surface area contributed by atoms with Gasteiger partial charge in [-0.25, -0.2) is 4.79 Å². The average molecular weight is 479 g/mol. The fourth-order valence-corrected chi connectivity index (χ4v) is 5.00. The molecule has 9 heteroatoms. The van der Waals surface area contributed by atoms with E-state index in [0.717, 1.165) is 34.5 Å². The number of benzene rings is 1.